The van der Waals surface area contributed by atoms with Crippen molar-refractivity contribution in [3.63, 3.8) is 0 Å². The molecule has 116 valence electrons. The average Bonchev–Trinajstić information content (AvgIpc) is 2.34. The monoisotopic (exact) mass is 285 g/mol. The van der Waals surface area contributed by atoms with Crippen LogP contribution in [-0.2, 0) is 9.53 Å². The van der Waals surface area contributed by atoms with Crippen LogP contribution in [0.1, 0.15) is 47.0 Å². The van der Waals surface area contributed by atoms with E-state index in [2.05, 4.69) is 5.32 Å². The van der Waals surface area contributed by atoms with E-state index in [1.54, 1.807) is 11.8 Å². The molecule has 1 fully saturated rings. The van der Waals surface area contributed by atoms with Gasteiger partial charge >= 0.3 is 6.09 Å². The number of rotatable bonds is 3. The first-order valence-corrected chi connectivity index (χ1v) is 7.23. The Morgan fingerprint density at radius 3 is 2.60 bits per heavy atom. The van der Waals surface area contributed by atoms with Crippen LogP contribution in [0.4, 0.5) is 4.79 Å². The van der Waals surface area contributed by atoms with Crippen molar-refractivity contribution >= 4 is 12.0 Å². The Morgan fingerprint density at radius 1 is 1.40 bits per heavy atom. The summed E-state index contributed by atoms with van der Waals surface area (Å²) in [6, 6.07) is -0.546. The maximum absolute atomic E-state index is 12.2. The predicted octanol–water partition coefficient (Wildman–Crippen LogP) is 1.24. The summed E-state index contributed by atoms with van der Waals surface area (Å²) in [5, 5.41) is 2.79. The maximum atomic E-state index is 12.2. The van der Waals surface area contributed by atoms with Gasteiger partial charge < -0.3 is 20.7 Å². The fraction of sp³-hybridized carbons (Fsp3) is 0.857. The van der Waals surface area contributed by atoms with Crippen LogP contribution in [0.15, 0.2) is 0 Å². The summed E-state index contributed by atoms with van der Waals surface area (Å²) in [4.78, 5) is 25.4. The number of nitrogens with two attached hydrogens (primary N) is 1. The van der Waals surface area contributed by atoms with Crippen LogP contribution in [0, 0.1) is 0 Å². The molecular weight excluding hydrogens is 258 g/mol. The topological polar surface area (TPSA) is 84.7 Å². The first kappa shape index (κ1) is 16.8. The van der Waals surface area contributed by atoms with Gasteiger partial charge in [-0.3, -0.25) is 4.79 Å². The Hall–Kier alpha value is -1.30. The molecule has 1 rings (SSSR count). The fourth-order valence-corrected chi connectivity index (χ4v) is 2.15. The molecule has 0 aromatic heterocycles. The highest BCUT2D eigenvalue weighted by molar-refractivity contribution is 5.81. The van der Waals surface area contributed by atoms with Crippen molar-refractivity contribution in [1.82, 2.24) is 10.2 Å². The van der Waals surface area contributed by atoms with Crippen LogP contribution < -0.4 is 11.1 Å². The second-order valence-electron chi connectivity index (χ2n) is 6.36. The number of nitrogens with one attached hydrogen (secondary N) is 1. The largest absolute Gasteiger partial charge is 0.444 e. The molecule has 0 unspecified atom stereocenters. The summed E-state index contributed by atoms with van der Waals surface area (Å²) in [5.41, 5.74) is 5.01. The molecule has 20 heavy (non-hydrogen) atoms. The molecule has 6 heteroatoms. The van der Waals surface area contributed by atoms with E-state index in [4.69, 9.17) is 10.5 Å². The van der Waals surface area contributed by atoms with E-state index in [9.17, 15) is 9.59 Å². The Balaban J connectivity index is 2.58. The number of nitrogens with zero attached hydrogens (tertiary/aromatic N) is 1. The van der Waals surface area contributed by atoms with Crippen molar-refractivity contribution in [3.05, 3.63) is 0 Å². The van der Waals surface area contributed by atoms with E-state index in [-0.39, 0.29) is 18.0 Å². The number of carbonyl (C=O) groups excluding carboxylic acids is 2. The predicted molar refractivity (Wildman–Crippen MR) is 77.2 cm³/mol. The van der Waals surface area contributed by atoms with E-state index in [1.807, 2.05) is 20.8 Å². The van der Waals surface area contributed by atoms with Crippen LogP contribution in [-0.4, -0.2) is 47.7 Å². The van der Waals surface area contributed by atoms with E-state index in [0.29, 0.717) is 13.1 Å². The zero-order valence-corrected chi connectivity index (χ0v) is 12.9. The summed E-state index contributed by atoms with van der Waals surface area (Å²) >= 11 is 0. The van der Waals surface area contributed by atoms with Gasteiger partial charge in [0.15, 0.2) is 0 Å². The summed E-state index contributed by atoms with van der Waals surface area (Å²) in [7, 11) is 0. The van der Waals surface area contributed by atoms with Crippen molar-refractivity contribution in [3.8, 4) is 0 Å². The molecule has 6 nitrogen and oxygen atoms in total. The standard InChI is InChI=1S/C14H27N3O3/c1-10(15)12(18)16-9-11-7-5-6-8-17(11)13(19)20-14(2,3)4/h10-11H,5-9,15H2,1-4H3,(H,16,18)/t10-,11-/m0/s1. The Labute approximate surface area is 121 Å². The summed E-state index contributed by atoms with van der Waals surface area (Å²) in [6.45, 7) is 8.29. The molecule has 3 N–H and O–H groups in total. The normalized spacial score (nSPS) is 21.2. The second kappa shape index (κ2) is 6.92. The number of piperidine rings is 1. The fourth-order valence-electron chi connectivity index (χ4n) is 2.15. The number of carbonyl (C=O) groups is 2. The van der Waals surface area contributed by atoms with Crippen LogP contribution in [0.3, 0.4) is 0 Å². The van der Waals surface area contributed by atoms with Crippen molar-refractivity contribution < 1.29 is 14.3 Å². The lowest BCUT2D eigenvalue weighted by Gasteiger charge is -2.36. The highest BCUT2D eigenvalue weighted by Crippen LogP contribution is 2.20. The third-order valence-electron chi connectivity index (χ3n) is 3.18. The third-order valence-corrected chi connectivity index (χ3v) is 3.18. The van der Waals surface area contributed by atoms with Gasteiger partial charge in [0, 0.05) is 13.1 Å². The number of likely N-dealkylation sites (tertiary alicyclic amines) is 1. The van der Waals surface area contributed by atoms with E-state index in [0.717, 1.165) is 19.3 Å². The number of ether oxygens (including phenoxy) is 1. The molecule has 0 aromatic rings. The average molecular weight is 285 g/mol. The molecular formula is C14H27N3O3. The lowest BCUT2D eigenvalue weighted by atomic mass is 10.0. The van der Waals surface area contributed by atoms with Gasteiger partial charge in [0.2, 0.25) is 5.91 Å². The quantitative estimate of drug-likeness (QED) is 0.817. The van der Waals surface area contributed by atoms with Gasteiger partial charge in [0.05, 0.1) is 12.1 Å². The molecule has 1 saturated heterocycles. The van der Waals surface area contributed by atoms with E-state index in [1.165, 1.54) is 0 Å². The molecule has 0 bridgehead atoms. The van der Waals surface area contributed by atoms with Crippen LogP contribution >= 0.6 is 0 Å². The molecule has 1 heterocycles. The van der Waals surface area contributed by atoms with Crippen LogP contribution in [0.2, 0.25) is 0 Å². The zero-order chi connectivity index (χ0) is 15.3. The molecule has 0 radical (unpaired) electrons. The number of hydrogen-bond acceptors (Lipinski definition) is 4. The van der Waals surface area contributed by atoms with Gasteiger partial charge in [-0.1, -0.05) is 0 Å². The van der Waals surface area contributed by atoms with Gasteiger partial charge in [0.1, 0.15) is 5.60 Å². The smallest absolute Gasteiger partial charge is 0.410 e. The van der Waals surface area contributed by atoms with Gasteiger partial charge in [-0.15, -0.1) is 0 Å². The second-order valence-corrected chi connectivity index (χ2v) is 6.36. The van der Waals surface area contributed by atoms with Gasteiger partial charge in [-0.2, -0.15) is 0 Å². The SMILES string of the molecule is C[C@H](N)C(=O)NC[C@@H]1CCCCN1C(=O)OC(C)(C)C. The molecule has 0 aromatic carbocycles. The third kappa shape index (κ3) is 5.36. The molecule has 1 aliphatic rings. The minimum atomic E-state index is -0.534. The van der Waals surface area contributed by atoms with Crippen LogP contribution in [0.25, 0.3) is 0 Å². The van der Waals surface area contributed by atoms with E-state index >= 15 is 0 Å². The number of amides is 2. The first-order chi connectivity index (χ1) is 9.20. The van der Waals surface area contributed by atoms with Crippen molar-refractivity contribution in [1.29, 1.82) is 0 Å². The minimum Gasteiger partial charge on any atom is -0.444 e. The van der Waals surface area contributed by atoms with Gasteiger partial charge in [-0.25, -0.2) is 4.79 Å². The molecule has 0 spiro atoms. The van der Waals surface area contributed by atoms with Crippen LogP contribution in [0.5, 0.6) is 0 Å². The van der Waals surface area contributed by atoms with Crippen molar-refractivity contribution in [2.24, 2.45) is 5.73 Å². The zero-order valence-electron chi connectivity index (χ0n) is 12.9. The number of hydrogen-bond donors (Lipinski definition) is 2. The van der Waals surface area contributed by atoms with Gasteiger partial charge in [-0.05, 0) is 47.0 Å². The van der Waals surface area contributed by atoms with E-state index < -0.39 is 11.6 Å². The first-order valence-electron chi connectivity index (χ1n) is 7.23. The lowest BCUT2D eigenvalue weighted by Crippen LogP contribution is -2.52. The summed E-state index contributed by atoms with van der Waals surface area (Å²) < 4.78 is 5.41. The van der Waals surface area contributed by atoms with Crippen molar-refractivity contribution in [2.45, 2.75) is 64.6 Å². The molecule has 0 aliphatic carbocycles. The maximum Gasteiger partial charge on any atom is 0.410 e. The summed E-state index contributed by atoms with van der Waals surface area (Å²) in [5.74, 6) is -0.195. The highest BCUT2D eigenvalue weighted by Gasteiger charge is 2.30. The molecule has 1 aliphatic heterocycles. The molecule has 2 amide bonds. The minimum absolute atomic E-state index is 0.0127. The summed E-state index contributed by atoms with van der Waals surface area (Å²) in [6.07, 6.45) is 2.59. The molecule has 0 saturated carbocycles. The van der Waals surface area contributed by atoms with Crippen molar-refractivity contribution in [2.75, 3.05) is 13.1 Å². The van der Waals surface area contributed by atoms with Gasteiger partial charge in [0.25, 0.3) is 0 Å². The Morgan fingerprint density at radius 2 is 2.05 bits per heavy atom. The Kier molecular flexibility index (Phi) is 5.80. The molecule has 2 atom stereocenters. The lowest BCUT2D eigenvalue weighted by molar-refractivity contribution is -0.122. The highest BCUT2D eigenvalue weighted by atomic mass is 16.6. The Bertz CT molecular complexity index is 350.